The van der Waals surface area contributed by atoms with E-state index in [1.807, 2.05) is 24.3 Å². The number of rotatable bonds is 5. The van der Waals surface area contributed by atoms with Crippen LogP contribution in [0, 0.1) is 0 Å². The van der Waals surface area contributed by atoms with Crippen LogP contribution in [-0.2, 0) is 10.1 Å². The lowest BCUT2D eigenvalue weighted by Crippen LogP contribution is -2.51. The Morgan fingerprint density at radius 2 is 1.69 bits per heavy atom. The zero-order chi connectivity index (χ0) is 18.6. The molecule has 7 heteroatoms. The minimum atomic E-state index is -4.15. The van der Waals surface area contributed by atoms with E-state index in [1.54, 1.807) is 41.3 Å². The van der Waals surface area contributed by atoms with Crippen LogP contribution in [0.2, 0.25) is 0 Å². The Morgan fingerprint density at radius 3 is 2.31 bits per heavy atom. The van der Waals surface area contributed by atoms with Gasteiger partial charge in [0, 0.05) is 12.1 Å². The minimum absolute atomic E-state index is 0.143. The van der Waals surface area contributed by atoms with Crippen molar-refractivity contribution in [2.75, 3.05) is 13.2 Å². The van der Waals surface area contributed by atoms with Gasteiger partial charge in [-0.05, 0) is 37.1 Å². The molecule has 0 spiro atoms. The molecule has 1 N–H and O–H groups in total. The number of likely N-dealkylation sites (tertiary alicyclic amines) is 1. The third-order valence-electron chi connectivity index (χ3n) is 4.56. The molecular formula is C19H21NO5S. The van der Waals surface area contributed by atoms with Gasteiger partial charge in [0.05, 0.1) is 11.3 Å². The van der Waals surface area contributed by atoms with Crippen molar-refractivity contribution in [2.24, 2.45) is 0 Å². The van der Waals surface area contributed by atoms with Gasteiger partial charge in [0.1, 0.15) is 12.4 Å². The molecule has 1 fully saturated rings. The highest BCUT2D eigenvalue weighted by atomic mass is 32.2. The van der Waals surface area contributed by atoms with E-state index in [0.717, 1.165) is 0 Å². The third-order valence-corrected chi connectivity index (χ3v) is 5.83. The molecule has 0 saturated carbocycles. The highest BCUT2D eigenvalue weighted by Gasteiger charge is 2.37. The number of ether oxygens (including phenoxy) is 1. The number of piperidine rings is 1. The van der Waals surface area contributed by atoms with Gasteiger partial charge < -0.3 is 9.64 Å². The summed E-state index contributed by atoms with van der Waals surface area (Å²) in [6.45, 7) is 0.412. The predicted molar refractivity (Wildman–Crippen MR) is 97.8 cm³/mol. The monoisotopic (exact) mass is 375 g/mol. The Labute approximate surface area is 153 Å². The molecule has 3 rings (SSSR count). The molecule has 6 nitrogen and oxygen atoms in total. The second kappa shape index (κ2) is 7.88. The number of hydrogen-bond acceptors (Lipinski definition) is 4. The number of benzene rings is 2. The van der Waals surface area contributed by atoms with Gasteiger partial charge in [-0.1, -0.05) is 36.4 Å². The standard InChI is InChI=1S/C19H21NO5S/c21-19(15-7-3-1-4-8-15)20-12-11-18(26(22,23)24)13-16(20)14-25-17-9-5-2-6-10-17/h1-10,16,18H,11-14H2,(H,22,23,24). The Morgan fingerprint density at radius 1 is 1.08 bits per heavy atom. The molecule has 2 aromatic rings. The van der Waals surface area contributed by atoms with Crippen molar-refractivity contribution in [3.8, 4) is 5.75 Å². The van der Waals surface area contributed by atoms with Gasteiger partial charge in [-0.15, -0.1) is 0 Å². The second-order valence-electron chi connectivity index (χ2n) is 6.30. The molecule has 2 atom stereocenters. The van der Waals surface area contributed by atoms with Crippen LogP contribution in [0.1, 0.15) is 23.2 Å². The van der Waals surface area contributed by atoms with Gasteiger partial charge in [0.25, 0.3) is 16.0 Å². The summed E-state index contributed by atoms with van der Waals surface area (Å²) in [5.41, 5.74) is 0.544. The van der Waals surface area contributed by atoms with Crippen LogP contribution < -0.4 is 4.74 Å². The minimum Gasteiger partial charge on any atom is -0.491 e. The van der Waals surface area contributed by atoms with Crippen molar-refractivity contribution in [1.29, 1.82) is 0 Å². The van der Waals surface area contributed by atoms with E-state index >= 15 is 0 Å². The van der Waals surface area contributed by atoms with E-state index in [0.29, 0.717) is 11.3 Å². The van der Waals surface area contributed by atoms with E-state index in [2.05, 4.69) is 0 Å². The summed E-state index contributed by atoms with van der Waals surface area (Å²) in [7, 11) is -4.15. The highest BCUT2D eigenvalue weighted by molar-refractivity contribution is 7.86. The smallest absolute Gasteiger partial charge is 0.267 e. The molecular weight excluding hydrogens is 354 g/mol. The molecule has 2 unspecified atom stereocenters. The first-order chi connectivity index (χ1) is 12.4. The molecule has 0 aliphatic carbocycles. The van der Waals surface area contributed by atoms with Crippen LogP contribution >= 0.6 is 0 Å². The molecule has 0 bridgehead atoms. The second-order valence-corrected chi connectivity index (χ2v) is 8.00. The normalized spacial score (nSPS) is 20.6. The summed E-state index contributed by atoms with van der Waals surface area (Å²) >= 11 is 0. The van der Waals surface area contributed by atoms with E-state index in [4.69, 9.17) is 4.74 Å². The average molecular weight is 375 g/mol. The maximum atomic E-state index is 12.8. The Bertz CT molecular complexity index is 839. The van der Waals surface area contributed by atoms with Crippen molar-refractivity contribution in [2.45, 2.75) is 24.1 Å². The van der Waals surface area contributed by atoms with Crippen LogP contribution in [0.4, 0.5) is 0 Å². The van der Waals surface area contributed by atoms with Crippen LogP contribution in [0.5, 0.6) is 5.75 Å². The summed E-state index contributed by atoms with van der Waals surface area (Å²) in [4.78, 5) is 14.5. The van der Waals surface area contributed by atoms with Crippen LogP contribution in [0.3, 0.4) is 0 Å². The van der Waals surface area contributed by atoms with Crippen molar-refractivity contribution >= 4 is 16.0 Å². The molecule has 2 aromatic carbocycles. The largest absolute Gasteiger partial charge is 0.491 e. The van der Waals surface area contributed by atoms with Gasteiger partial charge in [0.2, 0.25) is 0 Å². The molecule has 0 radical (unpaired) electrons. The van der Waals surface area contributed by atoms with Crippen molar-refractivity contribution in [3.63, 3.8) is 0 Å². The van der Waals surface area contributed by atoms with Gasteiger partial charge in [-0.25, -0.2) is 0 Å². The van der Waals surface area contributed by atoms with E-state index in [9.17, 15) is 17.8 Å². The van der Waals surface area contributed by atoms with Crippen LogP contribution in [-0.4, -0.2) is 48.2 Å². The molecule has 1 aliphatic heterocycles. The van der Waals surface area contributed by atoms with Crippen LogP contribution in [0.15, 0.2) is 60.7 Å². The maximum absolute atomic E-state index is 12.8. The fourth-order valence-corrected chi connectivity index (χ4v) is 4.03. The van der Waals surface area contributed by atoms with E-state index < -0.39 is 21.4 Å². The summed E-state index contributed by atoms with van der Waals surface area (Å²) < 4.78 is 38.3. The summed E-state index contributed by atoms with van der Waals surface area (Å²) in [6.07, 6.45) is 0.351. The summed E-state index contributed by atoms with van der Waals surface area (Å²) in [6, 6.07) is 17.6. The number of amides is 1. The topological polar surface area (TPSA) is 83.9 Å². The molecule has 26 heavy (non-hydrogen) atoms. The quantitative estimate of drug-likeness (QED) is 0.812. The lowest BCUT2D eigenvalue weighted by atomic mass is 10.0. The lowest BCUT2D eigenvalue weighted by Gasteiger charge is -2.38. The number of para-hydroxylation sites is 1. The lowest BCUT2D eigenvalue weighted by molar-refractivity contribution is 0.0529. The van der Waals surface area contributed by atoms with Gasteiger partial charge >= 0.3 is 0 Å². The number of hydrogen-bond donors (Lipinski definition) is 1. The van der Waals surface area contributed by atoms with Gasteiger partial charge in [-0.3, -0.25) is 9.35 Å². The summed E-state index contributed by atoms with van der Waals surface area (Å²) in [5.74, 6) is 0.481. The Balaban J connectivity index is 1.78. The van der Waals surface area contributed by atoms with Gasteiger partial charge in [-0.2, -0.15) is 8.42 Å². The first-order valence-corrected chi connectivity index (χ1v) is 9.95. The maximum Gasteiger partial charge on any atom is 0.267 e. The SMILES string of the molecule is O=C(c1ccccc1)N1CCC(S(=O)(=O)O)CC1COc1ccccc1. The zero-order valence-corrected chi connectivity index (χ0v) is 15.0. The highest BCUT2D eigenvalue weighted by Crippen LogP contribution is 2.25. The Hall–Kier alpha value is -2.38. The van der Waals surface area contributed by atoms with E-state index in [1.165, 1.54) is 0 Å². The molecule has 0 aromatic heterocycles. The van der Waals surface area contributed by atoms with Crippen LogP contribution in [0.25, 0.3) is 0 Å². The third kappa shape index (κ3) is 4.42. The Kier molecular flexibility index (Phi) is 5.58. The first kappa shape index (κ1) is 18.4. The number of carbonyl (C=O) groups excluding carboxylic acids is 1. The van der Waals surface area contributed by atoms with E-state index in [-0.39, 0.29) is 31.9 Å². The predicted octanol–water partition coefficient (Wildman–Crippen LogP) is 2.63. The zero-order valence-electron chi connectivity index (χ0n) is 14.2. The average Bonchev–Trinajstić information content (AvgIpc) is 2.66. The number of nitrogens with zero attached hydrogens (tertiary/aromatic N) is 1. The summed E-state index contributed by atoms with van der Waals surface area (Å²) in [5, 5.41) is -0.883. The molecule has 1 aliphatic rings. The van der Waals surface area contributed by atoms with Gasteiger partial charge in [0.15, 0.2) is 0 Å². The van der Waals surface area contributed by atoms with Crippen molar-refractivity contribution in [1.82, 2.24) is 4.90 Å². The fraction of sp³-hybridized carbons (Fsp3) is 0.316. The number of carbonyl (C=O) groups is 1. The van der Waals surface area contributed by atoms with Crippen molar-refractivity contribution < 1.29 is 22.5 Å². The molecule has 138 valence electrons. The first-order valence-electron chi connectivity index (χ1n) is 8.45. The fourth-order valence-electron chi connectivity index (χ4n) is 3.17. The molecule has 1 saturated heterocycles. The molecule has 1 heterocycles. The molecule has 1 amide bonds. The van der Waals surface area contributed by atoms with Crippen molar-refractivity contribution in [3.05, 3.63) is 66.2 Å².